The van der Waals surface area contributed by atoms with Gasteiger partial charge in [-0.3, -0.25) is 19.7 Å². The van der Waals surface area contributed by atoms with E-state index in [4.69, 9.17) is 10.5 Å². The predicted octanol–water partition coefficient (Wildman–Crippen LogP) is 3.02. The van der Waals surface area contributed by atoms with Gasteiger partial charge in [0, 0.05) is 85.8 Å². The highest BCUT2D eigenvalue weighted by molar-refractivity contribution is 6.04. The molecule has 1 aliphatic heterocycles. The van der Waals surface area contributed by atoms with Crippen molar-refractivity contribution in [2.45, 2.75) is 6.54 Å². The lowest BCUT2D eigenvalue weighted by atomic mass is 10.1. The van der Waals surface area contributed by atoms with E-state index in [0.717, 1.165) is 49.4 Å². The minimum Gasteiger partial charge on any atom is -0.496 e. The van der Waals surface area contributed by atoms with Gasteiger partial charge in [0.25, 0.3) is 5.91 Å². The van der Waals surface area contributed by atoms with Gasteiger partial charge in [0.15, 0.2) is 0 Å². The summed E-state index contributed by atoms with van der Waals surface area (Å²) in [6, 6.07) is 11.2. The van der Waals surface area contributed by atoms with Crippen LogP contribution in [0.2, 0.25) is 0 Å². The summed E-state index contributed by atoms with van der Waals surface area (Å²) in [5, 5.41) is 3.76. The Morgan fingerprint density at radius 3 is 2.74 bits per heavy atom. The van der Waals surface area contributed by atoms with Gasteiger partial charge in [0.05, 0.1) is 18.2 Å². The number of pyridine rings is 3. The molecule has 0 bridgehead atoms. The number of rotatable bonds is 5. The van der Waals surface area contributed by atoms with Gasteiger partial charge in [0.1, 0.15) is 17.1 Å². The first kappa shape index (κ1) is 25.1. The number of carbonyl (C=O) groups excluding carboxylic acids is 1. The van der Waals surface area contributed by atoms with E-state index >= 15 is 0 Å². The molecule has 38 heavy (non-hydrogen) atoms. The van der Waals surface area contributed by atoms with E-state index in [0.29, 0.717) is 33.7 Å². The maximum absolute atomic E-state index is 13.0. The number of likely N-dealkylation sites (N-methyl/N-ethyl adjacent to an activating group) is 1. The number of anilines is 2. The standard InChI is InChI=1S/C29H29N7O2/c1-35-10-12-36(13-11-35)19-22-7-8-24(15-26(22)38-2)34-29(37)23-14-20(16-31-17-23)5-6-21-18-33-28(30)27-25(21)4-3-9-32-27/h3-4,7-9,14-18H,10-13,19H2,1-2H3,(H2,30,33)(H,34,37). The zero-order chi connectivity index (χ0) is 26.5. The van der Waals surface area contributed by atoms with E-state index in [9.17, 15) is 4.79 Å². The Bertz CT molecular complexity index is 1540. The van der Waals surface area contributed by atoms with E-state index in [1.165, 1.54) is 6.20 Å². The zero-order valence-electron chi connectivity index (χ0n) is 21.4. The van der Waals surface area contributed by atoms with Crippen molar-refractivity contribution in [1.82, 2.24) is 24.8 Å². The lowest BCUT2D eigenvalue weighted by Gasteiger charge is -2.32. The fourth-order valence-corrected chi connectivity index (χ4v) is 4.37. The molecule has 9 nitrogen and oxygen atoms in total. The van der Waals surface area contributed by atoms with Crippen molar-refractivity contribution in [1.29, 1.82) is 0 Å². The van der Waals surface area contributed by atoms with Crippen molar-refractivity contribution in [3.05, 3.63) is 83.4 Å². The van der Waals surface area contributed by atoms with Gasteiger partial charge < -0.3 is 20.7 Å². The number of nitrogens with two attached hydrogens (primary N) is 1. The molecule has 0 radical (unpaired) electrons. The highest BCUT2D eigenvalue weighted by atomic mass is 16.5. The first-order valence-electron chi connectivity index (χ1n) is 12.4. The Kier molecular flexibility index (Phi) is 7.45. The highest BCUT2D eigenvalue weighted by Gasteiger charge is 2.16. The van der Waals surface area contributed by atoms with Crippen LogP contribution in [0.5, 0.6) is 5.75 Å². The van der Waals surface area contributed by atoms with Gasteiger partial charge in [-0.1, -0.05) is 17.9 Å². The monoisotopic (exact) mass is 507 g/mol. The number of fused-ring (bicyclic) bond motifs is 1. The van der Waals surface area contributed by atoms with Gasteiger partial charge in [-0.05, 0) is 31.3 Å². The number of piperazine rings is 1. The number of hydrogen-bond acceptors (Lipinski definition) is 8. The largest absolute Gasteiger partial charge is 0.496 e. The van der Waals surface area contributed by atoms with Crippen LogP contribution in [0.3, 0.4) is 0 Å². The molecule has 0 saturated carbocycles. The molecule has 1 aliphatic rings. The van der Waals surface area contributed by atoms with Crippen molar-refractivity contribution in [2.75, 3.05) is 51.4 Å². The molecule has 3 aromatic heterocycles. The van der Waals surface area contributed by atoms with Crippen LogP contribution in [-0.4, -0.2) is 71.0 Å². The number of aromatic nitrogens is 3. The van der Waals surface area contributed by atoms with Gasteiger partial charge in [-0.2, -0.15) is 0 Å². The maximum atomic E-state index is 13.0. The van der Waals surface area contributed by atoms with Crippen LogP contribution in [0, 0.1) is 11.8 Å². The van der Waals surface area contributed by atoms with E-state index in [1.54, 1.807) is 31.8 Å². The molecule has 3 N–H and O–H groups in total. The van der Waals surface area contributed by atoms with E-state index in [1.807, 2.05) is 30.3 Å². The Morgan fingerprint density at radius 2 is 1.92 bits per heavy atom. The van der Waals surface area contributed by atoms with Crippen molar-refractivity contribution in [2.24, 2.45) is 0 Å². The average molecular weight is 508 g/mol. The Hall–Kier alpha value is -4.52. The molecule has 0 aliphatic carbocycles. The van der Waals surface area contributed by atoms with Crippen molar-refractivity contribution in [3.63, 3.8) is 0 Å². The first-order chi connectivity index (χ1) is 18.5. The molecular weight excluding hydrogens is 478 g/mol. The fraction of sp³-hybridized carbons (Fsp3) is 0.241. The van der Waals surface area contributed by atoms with Gasteiger partial charge >= 0.3 is 0 Å². The average Bonchev–Trinajstić information content (AvgIpc) is 2.95. The summed E-state index contributed by atoms with van der Waals surface area (Å²) in [5.41, 5.74) is 9.98. The quantitative estimate of drug-likeness (QED) is 0.397. The minimum absolute atomic E-state index is 0.279. The number of nitrogens with one attached hydrogen (secondary N) is 1. The van der Waals surface area contributed by atoms with E-state index in [2.05, 4.69) is 49.0 Å². The first-order valence-corrected chi connectivity index (χ1v) is 12.4. The van der Waals surface area contributed by atoms with Crippen LogP contribution >= 0.6 is 0 Å². The number of ether oxygens (including phenoxy) is 1. The number of nitrogen functional groups attached to an aromatic ring is 1. The van der Waals surface area contributed by atoms with Gasteiger partial charge in [-0.25, -0.2) is 4.98 Å². The van der Waals surface area contributed by atoms with Crippen molar-refractivity contribution >= 4 is 28.3 Å². The Labute approximate surface area is 221 Å². The smallest absolute Gasteiger partial charge is 0.257 e. The topological polar surface area (TPSA) is 109 Å². The van der Waals surface area contributed by atoms with Crippen LogP contribution in [0.4, 0.5) is 11.5 Å². The summed E-state index contributed by atoms with van der Waals surface area (Å²) in [6.07, 6.45) is 6.42. The fourth-order valence-electron chi connectivity index (χ4n) is 4.37. The lowest BCUT2D eigenvalue weighted by Crippen LogP contribution is -2.43. The second-order valence-electron chi connectivity index (χ2n) is 9.23. The van der Waals surface area contributed by atoms with Crippen LogP contribution < -0.4 is 15.8 Å². The van der Waals surface area contributed by atoms with Crippen LogP contribution in [0.15, 0.2) is 61.2 Å². The number of nitrogens with zero attached hydrogens (tertiary/aromatic N) is 5. The van der Waals surface area contributed by atoms with Gasteiger partial charge in [0.2, 0.25) is 0 Å². The van der Waals surface area contributed by atoms with Gasteiger partial charge in [-0.15, -0.1) is 0 Å². The van der Waals surface area contributed by atoms with E-state index < -0.39 is 0 Å². The Morgan fingerprint density at radius 1 is 1.08 bits per heavy atom. The molecule has 1 aromatic carbocycles. The molecule has 0 unspecified atom stereocenters. The molecule has 4 heterocycles. The summed E-state index contributed by atoms with van der Waals surface area (Å²) >= 11 is 0. The molecular formula is C29H29N7O2. The second kappa shape index (κ2) is 11.3. The molecule has 1 amide bonds. The third-order valence-electron chi connectivity index (χ3n) is 6.55. The SMILES string of the molecule is COc1cc(NC(=O)c2cncc(C#Cc3cnc(N)c4ncccc34)c2)ccc1CN1CCN(C)CC1. The second-order valence-corrected chi connectivity index (χ2v) is 9.23. The molecule has 1 fully saturated rings. The third-order valence-corrected chi connectivity index (χ3v) is 6.55. The summed E-state index contributed by atoms with van der Waals surface area (Å²) in [6.45, 7) is 4.96. The number of amides is 1. The van der Waals surface area contributed by atoms with Crippen LogP contribution in [0.25, 0.3) is 10.9 Å². The predicted molar refractivity (Wildman–Crippen MR) is 148 cm³/mol. The van der Waals surface area contributed by atoms with Crippen LogP contribution in [0.1, 0.15) is 27.0 Å². The molecule has 0 spiro atoms. The third kappa shape index (κ3) is 5.72. The summed E-state index contributed by atoms with van der Waals surface area (Å²) in [5.74, 6) is 7.00. The molecule has 1 saturated heterocycles. The number of benzene rings is 1. The summed E-state index contributed by atoms with van der Waals surface area (Å²) < 4.78 is 5.63. The normalized spacial score (nSPS) is 14.1. The molecule has 5 rings (SSSR count). The summed E-state index contributed by atoms with van der Waals surface area (Å²) in [7, 11) is 3.79. The molecule has 0 atom stereocenters. The molecule has 9 heteroatoms. The van der Waals surface area contributed by atoms with Crippen molar-refractivity contribution in [3.8, 4) is 17.6 Å². The number of hydrogen-bond donors (Lipinski definition) is 2. The van der Waals surface area contributed by atoms with Crippen molar-refractivity contribution < 1.29 is 9.53 Å². The minimum atomic E-state index is -0.279. The van der Waals surface area contributed by atoms with E-state index in [-0.39, 0.29) is 5.91 Å². The lowest BCUT2D eigenvalue weighted by molar-refractivity contribution is 0.102. The zero-order valence-corrected chi connectivity index (χ0v) is 21.4. The highest BCUT2D eigenvalue weighted by Crippen LogP contribution is 2.25. The molecule has 4 aromatic rings. The molecule has 192 valence electrons. The number of methoxy groups -OCH3 is 1. The Balaban J connectivity index is 1.30. The summed E-state index contributed by atoms with van der Waals surface area (Å²) in [4.78, 5) is 30.4. The van der Waals surface area contributed by atoms with Crippen LogP contribution in [-0.2, 0) is 6.54 Å². The number of carbonyl (C=O) groups is 1. The maximum Gasteiger partial charge on any atom is 0.257 e.